The van der Waals surface area contributed by atoms with Crippen LogP contribution in [0.3, 0.4) is 0 Å². The number of aryl methyl sites for hydroxylation is 1. The van der Waals surface area contributed by atoms with Gasteiger partial charge in [0.25, 0.3) is 0 Å². The molecule has 34 heavy (non-hydrogen) atoms. The standard InChI is InChI=1S/C28H28FNO4/c1-16(28(31)32)27(18-4-5-18)19-6-3-17-8-12-25(34-26(17)13-19)20-7-11-24(30-15-20)22-14-21(33-2)9-10-23(22)29/h3,6-7,9-11,13-16,18,25,27H,4-5,8,12H2,1-2H3,(H,31,32)/p-1/t16-,25?,27-/m0/s1. The number of ether oxygens (including phenoxy) is 2. The van der Waals surface area contributed by atoms with Crippen LogP contribution in [-0.2, 0) is 11.2 Å². The van der Waals surface area contributed by atoms with Crippen molar-refractivity contribution in [3.05, 3.63) is 77.2 Å². The minimum absolute atomic E-state index is 0.0574. The van der Waals surface area contributed by atoms with E-state index in [0.29, 0.717) is 22.9 Å². The zero-order valence-electron chi connectivity index (χ0n) is 19.3. The Hall–Kier alpha value is -3.41. The lowest BCUT2D eigenvalue weighted by atomic mass is 9.82. The van der Waals surface area contributed by atoms with Gasteiger partial charge < -0.3 is 19.4 Å². The third-order valence-electron chi connectivity index (χ3n) is 7.07. The van der Waals surface area contributed by atoms with Crippen LogP contribution >= 0.6 is 0 Å². The van der Waals surface area contributed by atoms with E-state index in [0.717, 1.165) is 48.1 Å². The molecule has 2 heterocycles. The average Bonchev–Trinajstić information content (AvgIpc) is 3.69. The fourth-order valence-corrected chi connectivity index (χ4v) is 4.98. The minimum atomic E-state index is -1.01. The summed E-state index contributed by atoms with van der Waals surface area (Å²) in [6.07, 6.45) is 5.33. The summed E-state index contributed by atoms with van der Waals surface area (Å²) in [6.45, 7) is 1.74. The third-order valence-corrected chi connectivity index (χ3v) is 7.07. The zero-order chi connectivity index (χ0) is 23.8. The first kappa shape index (κ1) is 22.4. The van der Waals surface area contributed by atoms with Gasteiger partial charge in [0.05, 0.1) is 12.8 Å². The fourth-order valence-electron chi connectivity index (χ4n) is 4.98. The average molecular weight is 461 g/mol. The van der Waals surface area contributed by atoms with Crippen molar-refractivity contribution >= 4 is 5.97 Å². The van der Waals surface area contributed by atoms with Crippen molar-refractivity contribution in [1.82, 2.24) is 4.98 Å². The Balaban J connectivity index is 1.37. The van der Waals surface area contributed by atoms with Crippen LogP contribution in [0, 0.1) is 17.7 Å². The van der Waals surface area contributed by atoms with Gasteiger partial charge in [-0.2, -0.15) is 0 Å². The fraction of sp³-hybridized carbons (Fsp3) is 0.357. The molecule has 0 saturated heterocycles. The number of carbonyl (C=O) groups is 1. The van der Waals surface area contributed by atoms with Crippen LogP contribution < -0.4 is 14.6 Å². The number of carboxylic acids is 1. The van der Waals surface area contributed by atoms with Crippen molar-refractivity contribution in [3.63, 3.8) is 0 Å². The van der Waals surface area contributed by atoms with Gasteiger partial charge in [0.2, 0.25) is 0 Å². The normalized spacial score (nSPS) is 19.0. The summed E-state index contributed by atoms with van der Waals surface area (Å²) < 4.78 is 25.9. The van der Waals surface area contributed by atoms with E-state index < -0.39 is 11.9 Å². The first-order valence-electron chi connectivity index (χ1n) is 11.7. The first-order valence-corrected chi connectivity index (χ1v) is 11.7. The number of aliphatic carboxylic acids is 1. The van der Waals surface area contributed by atoms with Crippen molar-refractivity contribution in [2.45, 2.75) is 44.6 Å². The second kappa shape index (κ2) is 9.09. The summed E-state index contributed by atoms with van der Waals surface area (Å²) >= 11 is 0. The maximum absolute atomic E-state index is 14.3. The highest BCUT2D eigenvalue weighted by molar-refractivity contribution is 5.69. The van der Waals surface area contributed by atoms with Gasteiger partial charge in [-0.25, -0.2) is 4.39 Å². The molecule has 0 radical (unpaired) electrons. The van der Waals surface area contributed by atoms with Crippen molar-refractivity contribution in [2.24, 2.45) is 11.8 Å². The Labute approximate surface area is 198 Å². The van der Waals surface area contributed by atoms with Crippen LogP contribution in [0.25, 0.3) is 11.3 Å². The maximum Gasteiger partial charge on any atom is 0.132 e. The largest absolute Gasteiger partial charge is 0.550 e. The number of pyridine rings is 1. The van der Waals surface area contributed by atoms with Crippen molar-refractivity contribution in [3.8, 4) is 22.8 Å². The highest BCUT2D eigenvalue weighted by Crippen LogP contribution is 2.48. The summed E-state index contributed by atoms with van der Waals surface area (Å²) in [4.78, 5) is 16.1. The number of aromatic nitrogens is 1. The van der Waals surface area contributed by atoms with E-state index in [1.54, 1.807) is 38.4 Å². The molecule has 5 nitrogen and oxygen atoms in total. The number of nitrogens with zero attached hydrogens (tertiary/aromatic N) is 1. The number of carboxylic acid groups (broad SMARTS) is 1. The number of halogens is 1. The number of fused-ring (bicyclic) bond motifs is 1. The van der Waals surface area contributed by atoms with Gasteiger partial charge in [0, 0.05) is 29.2 Å². The number of carbonyl (C=O) groups excluding carboxylic acids is 1. The highest BCUT2D eigenvalue weighted by Gasteiger charge is 2.37. The van der Waals surface area contributed by atoms with E-state index in [1.807, 2.05) is 18.2 Å². The number of rotatable bonds is 7. The van der Waals surface area contributed by atoms with E-state index in [4.69, 9.17) is 9.47 Å². The molecule has 1 aliphatic carbocycles. The third kappa shape index (κ3) is 4.37. The van der Waals surface area contributed by atoms with Gasteiger partial charge in [-0.15, -0.1) is 0 Å². The van der Waals surface area contributed by atoms with Gasteiger partial charge in [-0.1, -0.05) is 25.1 Å². The summed E-state index contributed by atoms with van der Waals surface area (Å²) in [6, 6.07) is 14.4. The Morgan fingerprint density at radius 2 is 1.97 bits per heavy atom. The lowest BCUT2D eigenvalue weighted by Crippen LogP contribution is -2.34. The van der Waals surface area contributed by atoms with Crippen LogP contribution in [0.15, 0.2) is 54.7 Å². The van der Waals surface area contributed by atoms with E-state index in [1.165, 1.54) is 6.07 Å². The molecule has 0 N–H and O–H groups in total. The molecule has 176 valence electrons. The maximum atomic E-state index is 14.3. The minimum Gasteiger partial charge on any atom is -0.550 e. The Morgan fingerprint density at radius 1 is 1.15 bits per heavy atom. The van der Waals surface area contributed by atoms with Gasteiger partial charge in [-0.3, -0.25) is 4.98 Å². The predicted octanol–water partition coefficient (Wildman–Crippen LogP) is 4.84. The zero-order valence-corrected chi connectivity index (χ0v) is 19.3. The van der Waals surface area contributed by atoms with Crippen LogP contribution in [0.1, 0.15) is 54.9 Å². The predicted molar refractivity (Wildman–Crippen MR) is 124 cm³/mol. The number of hydrogen-bond donors (Lipinski definition) is 0. The van der Waals surface area contributed by atoms with E-state index in [-0.39, 0.29) is 17.8 Å². The Bertz CT molecular complexity index is 1210. The molecule has 5 rings (SSSR count). The van der Waals surface area contributed by atoms with Crippen molar-refractivity contribution in [2.75, 3.05) is 7.11 Å². The highest BCUT2D eigenvalue weighted by atomic mass is 19.1. The molecular formula is C28H27FNO4-. The van der Waals surface area contributed by atoms with Crippen LogP contribution in [0.5, 0.6) is 11.5 Å². The quantitative estimate of drug-likeness (QED) is 0.504. The molecule has 3 atom stereocenters. The second-order valence-corrected chi connectivity index (χ2v) is 9.31. The SMILES string of the molecule is COc1ccc(F)c(-c2ccc(C3CCc4ccc([C@H](C5CC5)[C@H](C)C(=O)[O-])cc4O3)cn2)c1. The lowest BCUT2D eigenvalue weighted by Gasteiger charge is -2.29. The molecule has 0 spiro atoms. The van der Waals surface area contributed by atoms with Gasteiger partial charge in [-0.05, 0) is 79.0 Å². The monoisotopic (exact) mass is 460 g/mol. The molecule has 1 aliphatic heterocycles. The molecule has 6 heteroatoms. The van der Waals surface area contributed by atoms with E-state index in [2.05, 4.69) is 11.1 Å². The molecule has 0 amide bonds. The molecule has 2 aliphatic rings. The molecule has 1 fully saturated rings. The Kier molecular flexibility index (Phi) is 5.98. The summed E-state index contributed by atoms with van der Waals surface area (Å²) in [7, 11) is 1.54. The Morgan fingerprint density at radius 3 is 2.65 bits per heavy atom. The smallest absolute Gasteiger partial charge is 0.132 e. The molecule has 1 aromatic heterocycles. The van der Waals surface area contributed by atoms with Crippen molar-refractivity contribution in [1.29, 1.82) is 0 Å². The first-order chi connectivity index (χ1) is 16.4. The molecule has 1 unspecified atom stereocenters. The number of hydrogen-bond acceptors (Lipinski definition) is 5. The van der Waals surface area contributed by atoms with E-state index in [9.17, 15) is 14.3 Å². The summed E-state index contributed by atoms with van der Waals surface area (Å²) in [5.74, 6) is -0.203. The number of benzene rings is 2. The molecule has 0 bridgehead atoms. The van der Waals surface area contributed by atoms with Gasteiger partial charge in [0.15, 0.2) is 0 Å². The van der Waals surface area contributed by atoms with Crippen molar-refractivity contribution < 1.29 is 23.8 Å². The number of methoxy groups -OCH3 is 1. The summed E-state index contributed by atoms with van der Waals surface area (Å²) in [5.41, 5.74) is 3.96. The van der Waals surface area contributed by atoms with Gasteiger partial charge >= 0.3 is 0 Å². The molecule has 3 aromatic rings. The molecular weight excluding hydrogens is 433 g/mol. The lowest BCUT2D eigenvalue weighted by molar-refractivity contribution is -0.311. The summed E-state index contributed by atoms with van der Waals surface area (Å²) in [5, 5.41) is 11.6. The van der Waals surface area contributed by atoms with Gasteiger partial charge in [0.1, 0.15) is 23.4 Å². The van der Waals surface area contributed by atoms with Crippen LogP contribution in [-0.4, -0.2) is 18.1 Å². The van der Waals surface area contributed by atoms with Crippen LogP contribution in [0.4, 0.5) is 4.39 Å². The second-order valence-electron chi connectivity index (χ2n) is 9.31. The molecule has 2 aromatic carbocycles. The van der Waals surface area contributed by atoms with Crippen LogP contribution in [0.2, 0.25) is 0 Å². The molecule has 1 saturated carbocycles. The topological polar surface area (TPSA) is 71.5 Å². The van der Waals surface area contributed by atoms with E-state index >= 15 is 0 Å².